The SMILES string of the molecule is Cn1cc(CNc2cccc(C(=O)O)c2)cn1. The molecular formula is C12H13N3O2. The molecular weight excluding hydrogens is 218 g/mol. The first-order valence-corrected chi connectivity index (χ1v) is 5.20. The number of nitrogens with one attached hydrogen (secondary N) is 1. The van der Waals surface area contributed by atoms with Gasteiger partial charge in [-0.05, 0) is 18.2 Å². The van der Waals surface area contributed by atoms with Crippen LogP contribution in [0.3, 0.4) is 0 Å². The summed E-state index contributed by atoms with van der Waals surface area (Å²) in [5.41, 5.74) is 2.11. The van der Waals surface area contributed by atoms with E-state index in [0.29, 0.717) is 6.54 Å². The third-order valence-electron chi connectivity index (χ3n) is 2.36. The van der Waals surface area contributed by atoms with E-state index in [4.69, 9.17) is 5.11 Å². The molecule has 2 N–H and O–H groups in total. The van der Waals surface area contributed by atoms with Crippen molar-refractivity contribution in [3.8, 4) is 0 Å². The lowest BCUT2D eigenvalue weighted by Crippen LogP contribution is -2.01. The maximum absolute atomic E-state index is 10.8. The molecule has 0 aliphatic rings. The van der Waals surface area contributed by atoms with Crippen molar-refractivity contribution in [2.75, 3.05) is 5.32 Å². The molecule has 0 bridgehead atoms. The van der Waals surface area contributed by atoms with Gasteiger partial charge in [0, 0.05) is 31.0 Å². The highest BCUT2D eigenvalue weighted by Crippen LogP contribution is 2.12. The van der Waals surface area contributed by atoms with E-state index in [-0.39, 0.29) is 5.56 Å². The third-order valence-corrected chi connectivity index (χ3v) is 2.36. The Hall–Kier alpha value is -2.30. The van der Waals surface area contributed by atoms with E-state index in [1.54, 1.807) is 29.1 Å². The minimum atomic E-state index is -0.921. The Morgan fingerprint density at radius 3 is 3.00 bits per heavy atom. The number of nitrogens with zero attached hydrogens (tertiary/aromatic N) is 2. The fraction of sp³-hybridized carbons (Fsp3) is 0.167. The lowest BCUT2D eigenvalue weighted by atomic mass is 10.2. The molecule has 0 aliphatic carbocycles. The first-order chi connectivity index (χ1) is 8.15. The zero-order valence-corrected chi connectivity index (χ0v) is 9.42. The van der Waals surface area contributed by atoms with Crippen LogP contribution in [0, 0.1) is 0 Å². The Morgan fingerprint density at radius 1 is 1.53 bits per heavy atom. The summed E-state index contributed by atoms with van der Waals surface area (Å²) in [5.74, 6) is -0.921. The predicted octanol–water partition coefficient (Wildman–Crippen LogP) is 1.73. The number of carboxylic acid groups (broad SMARTS) is 1. The highest BCUT2D eigenvalue weighted by Gasteiger charge is 2.03. The van der Waals surface area contributed by atoms with Gasteiger partial charge in [0.05, 0.1) is 11.8 Å². The van der Waals surface area contributed by atoms with Crippen molar-refractivity contribution in [3.05, 3.63) is 47.8 Å². The van der Waals surface area contributed by atoms with Gasteiger partial charge in [-0.2, -0.15) is 5.10 Å². The molecule has 2 aromatic rings. The number of aromatic carboxylic acids is 1. The van der Waals surface area contributed by atoms with Crippen LogP contribution in [0.15, 0.2) is 36.7 Å². The fourth-order valence-electron chi connectivity index (χ4n) is 1.53. The summed E-state index contributed by atoms with van der Waals surface area (Å²) < 4.78 is 1.73. The van der Waals surface area contributed by atoms with Gasteiger partial charge in [0.25, 0.3) is 0 Å². The topological polar surface area (TPSA) is 67.2 Å². The summed E-state index contributed by atoms with van der Waals surface area (Å²) in [6, 6.07) is 6.73. The zero-order chi connectivity index (χ0) is 12.3. The second-order valence-electron chi connectivity index (χ2n) is 3.76. The van der Waals surface area contributed by atoms with Gasteiger partial charge in [-0.3, -0.25) is 4.68 Å². The van der Waals surface area contributed by atoms with Gasteiger partial charge in [-0.1, -0.05) is 6.07 Å². The van der Waals surface area contributed by atoms with Gasteiger partial charge in [0.2, 0.25) is 0 Å². The van der Waals surface area contributed by atoms with Crippen LogP contribution in [0.25, 0.3) is 0 Å². The Bertz CT molecular complexity index is 534. The fourth-order valence-corrected chi connectivity index (χ4v) is 1.53. The van der Waals surface area contributed by atoms with Crippen molar-refractivity contribution >= 4 is 11.7 Å². The quantitative estimate of drug-likeness (QED) is 0.841. The molecule has 0 saturated carbocycles. The van der Waals surface area contributed by atoms with Crippen molar-refractivity contribution in [1.29, 1.82) is 0 Å². The molecule has 0 radical (unpaired) electrons. The van der Waals surface area contributed by atoms with E-state index < -0.39 is 5.97 Å². The van der Waals surface area contributed by atoms with Crippen LogP contribution in [-0.2, 0) is 13.6 Å². The Kier molecular flexibility index (Phi) is 3.09. The van der Waals surface area contributed by atoms with Crippen molar-refractivity contribution < 1.29 is 9.90 Å². The molecule has 0 atom stereocenters. The monoisotopic (exact) mass is 231 g/mol. The molecule has 0 amide bonds. The van der Waals surface area contributed by atoms with Crippen molar-refractivity contribution in [2.24, 2.45) is 7.05 Å². The average molecular weight is 231 g/mol. The third kappa shape index (κ3) is 2.84. The molecule has 88 valence electrons. The Balaban J connectivity index is 2.04. The minimum Gasteiger partial charge on any atom is -0.478 e. The van der Waals surface area contributed by atoms with Crippen LogP contribution in [0.4, 0.5) is 5.69 Å². The number of aryl methyl sites for hydroxylation is 1. The summed E-state index contributed by atoms with van der Waals surface area (Å²) in [4.78, 5) is 10.8. The number of anilines is 1. The number of carboxylic acids is 1. The summed E-state index contributed by atoms with van der Waals surface area (Å²) >= 11 is 0. The molecule has 0 spiro atoms. The highest BCUT2D eigenvalue weighted by atomic mass is 16.4. The first kappa shape index (κ1) is 11.2. The second kappa shape index (κ2) is 4.69. The summed E-state index contributed by atoms with van der Waals surface area (Å²) in [5, 5.41) is 16.1. The lowest BCUT2D eigenvalue weighted by Gasteiger charge is -2.05. The van der Waals surface area contributed by atoms with E-state index in [9.17, 15) is 4.79 Å². The lowest BCUT2D eigenvalue weighted by molar-refractivity contribution is 0.0697. The van der Waals surface area contributed by atoms with E-state index in [1.165, 1.54) is 0 Å². The molecule has 0 saturated heterocycles. The molecule has 5 nitrogen and oxygen atoms in total. The smallest absolute Gasteiger partial charge is 0.335 e. The minimum absolute atomic E-state index is 0.279. The number of rotatable bonds is 4. The Labute approximate surface area is 98.7 Å². The van der Waals surface area contributed by atoms with Crippen LogP contribution in [0.1, 0.15) is 15.9 Å². The number of aromatic nitrogens is 2. The maximum Gasteiger partial charge on any atom is 0.335 e. The number of hydrogen-bond donors (Lipinski definition) is 2. The predicted molar refractivity (Wildman–Crippen MR) is 63.9 cm³/mol. The number of hydrogen-bond acceptors (Lipinski definition) is 3. The maximum atomic E-state index is 10.8. The van der Waals surface area contributed by atoms with Crippen molar-refractivity contribution in [2.45, 2.75) is 6.54 Å². The molecule has 0 aliphatic heterocycles. The van der Waals surface area contributed by atoms with E-state index in [1.807, 2.05) is 19.3 Å². The van der Waals surface area contributed by atoms with E-state index in [0.717, 1.165) is 11.3 Å². The van der Waals surface area contributed by atoms with E-state index in [2.05, 4.69) is 10.4 Å². The van der Waals surface area contributed by atoms with Gasteiger partial charge >= 0.3 is 5.97 Å². The van der Waals surface area contributed by atoms with Gasteiger partial charge < -0.3 is 10.4 Å². The highest BCUT2D eigenvalue weighted by molar-refractivity contribution is 5.88. The van der Waals surface area contributed by atoms with Crippen molar-refractivity contribution in [3.63, 3.8) is 0 Å². The summed E-state index contributed by atoms with van der Waals surface area (Å²) in [7, 11) is 1.86. The van der Waals surface area contributed by atoms with Crippen LogP contribution >= 0.6 is 0 Å². The Morgan fingerprint density at radius 2 is 2.35 bits per heavy atom. The molecule has 5 heteroatoms. The van der Waals surface area contributed by atoms with E-state index >= 15 is 0 Å². The molecule has 2 rings (SSSR count). The van der Waals surface area contributed by atoms with Gasteiger partial charge in [0.1, 0.15) is 0 Å². The number of carbonyl (C=O) groups is 1. The second-order valence-corrected chi connectivity index (χ2v) is 3.76. The largest absolute Gasteiger partial charge is 0.478 e. The van der Waals surface area contributed by atoms with Gasteiger partial charge in [-0.15, -0.1) is 0 Å². The van der Waals surface area contributed by atoms with Gasteiger partial charge in [0.15, 0.2) is 0 Å². The average Bonchev–Trinajstić information content (AvgIpc) is 2.73. The zero-order valence-electron chi connectivity index (χ0n) is 9.42. The van der Waals surface area contributed by atoms with Crippen LogP contribution in [-0.4, -0.2) is 20.9 Å². The molecule has 1 heterocycles. The molecule has 1 aromatic heterocycles. The standard InChI is InChI=1S/C12H13N3O2/c1-15-8-9(7-14-15)6-13-11-4-2-3-10(5-11)12(16)17/h2-5,7-8,13H,6H2,1H3,(H,16,17). The van der Waals surface area contributed by atoms with Crippen LogP contribution in [0.2, 0.25) is 0 Å². The number of benzene rings is 1. The normalized spacial score (nSPS) is 10.2. The van der Waals surface area contributed by atoms with Crippen molar-refractivity contribution in [1.82, 2.24) is 9.78 Å². The van der Waals surface area contributed by atoms with Crippen LogP contribution < -0.4 is 5.32 Å². The van der Waals surface area contributed by atoms with Gasteiger partial charge in [-0.25, -0.2) is 4.79 Å². The molecule has 0 unspecified atom stereocenters. The molecule has 17 heavy (non-hydrogen) atoms. The molecule has 1 aromatic carbocycles. The summed E-state index contributed by atoms with van der Waals surface area (Å²) in [6.45, 7) is 0.622. The molecule has 0 fully saturated rings. The van der Waals surface area contributed by atoms with Crippen LogP contribution in [0.5, 0.6) is 0 Å². The first-order valence-electron chi connectivity index (χ1n) is 5.20. The summed E-state index contributed by atoms with van der Waals surface area (Å²) in [6.07, 6.45) is 3.68.